The Hall–Kier alpha value is -10.1. The maximum Gasteiger partial charge on any atom is 0.232 e. The highest BCUT2D eigenvalue weighted by molar-refractivity contribution is 7.28. The van der Waals surface area contributed by atoms with Crippen molar-refractivity contribution in [3.8, 4) is 34.3 Å². The van der Waals surface area contributed by atoms with Crippen molar-refractivity contribution in [3.63, 3.8) is 0 Å². The first-order valence-corrected chi connectivity index (χ1v) is 30.8. The van der Waals surface area contributed by atoms with E-state index in [0.717, 1.165) is 117 Å². The number of hydrogen-bond donors (Lipinski definition) is 0. The Morgan fingerprint density at radius 3 is 1.05 bits per heavy atom. The van der Waals surface area contributed by atoms with E-state index in [-0.39, 0.29) is 5.69 Å². The van der Waals surface area contributed by atoms with Crippen molar-refractivity contribution in [2.45, 2.75) is 0 Å². The molecule has 0 aliphatic carbocycles. The molecule has 0 bridgehead atoms. The summed E-state index contributed by atoms with van der Waals surface area (Å²) in [5.41, 5.74) is 10.6. The summed E-state index contributed by atoms with van der Waals surface area (Å²) < 4.78 is 16.6. The van der Waals surface area contributed by atoms with Gasteiger partial charge in [0.2, 0.25) is 5.69 Å². The molecule has 0 saturated carbocycles. The Bertz CT molecular complexity index is 6230. The number of fused-ring (bicyclic) bond motifs is 24. The van der Waals surface area contributed by atoms with Gasteiger partial charge in [0.25, 0.3) is 0 Å². The van der Waals surface area contributed by atoms with Crippen LogP contribution in [0, 0.1) is 17.9 Å². The van der Waals surface area contributed by atoms with Crippen LogP contribution in [0.15, 0.2) is 224 Å². The van der Waals surface area contributed by atoms with E-state index in [0.29, 0.717) is 16.9 Å². The second kappa shape index (κ2) is 16.7. The zero-order valence-corrected chi connectivity index (χ0v) is 47.0. The Morgan fingerprint density at radius 1 is 0.313 bits per heavy atom. The number of aromatic nitrogens is 3. The lowest BCUT2D eigenvalue weighted by Crippen LogP contribution is -2.12. The average molecular weight is 1120 g/mol. The Morgan fingerprint density at radius 2 is 0.639 bits per heavy atom. The first-order valence-electron chi connectivity index (χ1n) is 27.6. The predicted molar refractivity (Wildman–Crippen MR) is 357 cm³/mol. The molecule has 0 saturated heterocycles. The summed E-state index contributed by atoms with van der Waals surface area (Å²) in [5.74, 6) is 0. The largest absolute Gasteiger partial charge is 0.316 e. The van der Waals surface area contributed by atoms with Crippen LogP contribution in [0.4, 0.5) is 5.69 Å². The molecular weight excluding hydrogens is 1090 g/mol. The number of hydrogen-bond acceptors (Lipinski definition) is 5. The van der Waals surface area contributed by atoms with Crippen LogP contribution in [0.1, 0.15) is 5.56 Å². The lowest BCUT2D eigenvalue weighted by Gasteiger charge is -2.27. The summed E-state index contributed by atoms with van der Waals surface area (Å²) in [6.07, 6.45) is 0. The van der Waals surface area contributed by atoms with Gasteiger partial charge in [-0.2, -0.15) is 5.26 Å². The molecule has 0 radical (unpaired) electrons. The van der Waals surface area contributed by atoms with Crippen LogP contribution in [-0.4, -0.2) is 13.7 Å². The topological polar surface area (TPSA) is 42.9 Å². The molecule has 5 nitrogen and oxygen atoms in total. The quantitative estimate of drug-likeness (QED) is 0.162. The van der Waals surface area contributed by atoms with Gasteiger partial charge in [0.15, 0.2) is 0 Å². The summed E-state index contributed by atoms with van der Waals surface area (Å²) in [7, 11) is 0. The molecule has 0 aliphatic rings. The van der Waals surface area contributed by atoms with Crippen molar-refractivity contribution in [3.05, 3.63) is 241 Å². The molecule has 7 heterocycles. The molecular formula is C74H37N5S4. The molecule has 382 valence electrons. The minimum Gasteiger partial charge on any atom is -0.316 e. The number of para-hydroxylation sites is 3. The van der Waals surface area contributed by atoms with Crippen LogP contribution in [0.5, 0.6) is 0 Å². The van der Waals surface area contributed by atoms with Gasteiger partial charge in [0, 0.05) is 110 Å². The van der Waals surface area contributed by atoms with Crippen molar-refractivity contribution >= 4 is 197 Å². The van der Waals surface area contributed by atoms with E-state index >= 15 is 0 Å². The fourth-order valence-corrected chi connectivity index (χ4v) is 19.1. The molecule has 9 heteroatoms. The minimum atomic E-state index is 0.287. The Balaban J connectivity index is 1.15. The monoisotopic (exact) mass is 1120 g/mol. The van der Waals surface area contributed by atoms with Crippen LogP contribution >= 0.6 is 45.3 Å². The second-order valence-corrected chi connectivity index (χ2v) is 25.7. The standard InChI is InChI=1S/C74H37N5S4/c1-76-64-55(39-75)65(77-56-26-9-2-17-40(56)47-33-36-51-44-21-6-13-30-60(44)81-72(51)66(47)77)63(54-25-16-24-50-43-20-5-12-29-59(43)80-71(50)54)69(78-57-27-10-3-18-41(57)48-34-37-52-45-22-7-14-31-61(45)82-73(52)67(48)78)70(64)79-58-28-11-4-19-42(58)49-35-38-53-46-23-8-15-32-62(46)83-74(53)68(49)79/h2-38H. The van der Waals surface area contributed by atoms with Gasteiger partial charge in [-0.3, -0.25) is 0 Å². The summed E-state index contributed by atoms with van der Waals surface area (Å²) in [5, 5.41) is 28.6. The smallest absolute Gasteiger partial charge is 0.232 e. The van der Waals surface area contributed by atoms with Crippen molar-refractivity contribution < 1.29 is 0 Å². The van der Waals surface area contributed by atoms with E-state index in [9.17, 15) is 11.8 Å². The Labute approximate surface area is 488 Å². The first-order chi connectivity index (χ1) is 41.1. The number of nitrogens with zero attached hydrogens (tertiary/aromatic N) is 5. The third-order valence-corrected chi connectivity index (χ3v) is 22.3. The second-order valence-electron chi connectivity index (χ2n) is 21.5. The molecule has 12 aromatic carbocycles. The molecule has 0 fully saturated rings. The molecule has 0 unspecified atom stereocenters. The van der Waals surface area contributed by atoms with Crippen LogP contribution in [0.2, 0.25) is 0 Å². The van der Waals surface area contributed by atoms with Gasteiger partial charge in [-0.25, -0.2) is 4.85 Å². The lowest BCUT2D eigenvalue weighted by atomic mass is 9.92. The van der Waals surface area contributed by atoms with Crippen molar-refractivity contribution in [1.82, 2.24) is 13.7 Å². The SMILES string of the molecule is [C-]#[N+]c1c(C#N)c(-n2c3ccccc3c3ccc4c5ccccc5sc4c32)c(-c2cccc3c2sc2ccccc23)c(-n2c3ccccc3c3ccc4c5ccccc5sc4c32)c1-n1c2ccccc2c2ccc3c4ccccc4sc3c21. The number of nitriles is 1. The van der Waals surface area contributed by atoms with E-state index in [2.05, 4.69) is 244 Å². The van der Waals surface area contributed by atoms with Gasteiger partial charge in [-0.15, -0.1) is 45.3 Å². The fraction of sp³-hybridized carbons (Fsp3) is 0. The number of benzene rings is 12. The zero-order valence-electron chi connectivity index (χ0n) is 43.7. The van der Waals surface area contributed by atoms with Gasteiger partial charge >= 0.3 is 0 Å². The molecule has 0 aliphatic heterocycles. The van der Waals surface area contributed by atoms with E-state index in [1.807, 2.05) is 11.3 Å². The first kappa shape index (κ1) is 45.6. The van der Waals surface area contributed by atoms with Crippen LogP contribution < -0.4 is 0 Å². The Kier molecular flexibility index (Phi) is 9.20. The summed E-state index contributed by atoms with van der Waals surface area (Å²) in [4.78, 5) is 4.81. The third kappa shape index (κ3) is 5.91. The minimum absolute atomic E-state index is 0.287. The van der Waals surface area contributed by atoms with E-state index < -0.39 is 0 Å². The van der Waals surface area contributed by atoms with Crippen molar-refractivity contribution in [1.29, 1.82) is 5.26 Å². The van der Waals surface area contributed by atoms with E-state index in [1.54, 1.807) is 34.0 Å². The van der Waals surface area contributed by atoms with Crippen LogP contribution in [-0.2, 0) is 0 Å². The molecule has 0 spiro atoms. The van der Waals surface area contributed by atoms with Crippen molar-refractivity contribution in [2.75, 3.05) is 0 Å². The van der Waals surface area contributed by atoms with E-state index in [1.165, 1.54) is 45.7 Å². The number of thiophene rings is 4. The van der Waals surface area contributed by atoms with Gasteiger partial charge in [0.05, 0.1) is 82.5 Å². The zero-order chi connectivity index (χ0) is 54.3. The third-order valence-electron chi connectivity index (χ3n) is 17.5. The maximum atomic E-state index is 12.7. The maximum absolute atomic E-state index is 12.7. The molecule has 0 N–H and O–H groups in total. The van der Waals surface area contributed by atoms with Gasteiger partial charge in [-0.1, -0.05) is 182 Å². The van der Waals surface area contributed by atoms with Crippen molar-refractivity contribution in [2.24, 2.45) is 0 Å². The summed E-state index contributed by atoms with van der Waals surface area (Å²) >= 11 is 7.20. The molecule has 0 atom stereocenters. The molecule has 19 rings (SSSR count). The highest BCUT2D eigenvalue weighted by Gasteiger charge is 2.35. The highest BCUT2D eigenvalue weighted by Crippen LogP contribution is 2.57. The van der Waals surface area contributed by atoms with Gasteiger partial charge in [0.1, 0.15) is 0 Å². The summed E-state index contributed by atoms with van der Waals surface area (Å²) in [6.45, 7) is 9.93. The molecule has 83 heavy (non-hydrogen) atoms. The molecule has 19 aromatic rings. The lowest BCUT2D eigenvalue weighted by molar-refractivity contribution is 1.09. The van der Waals surface area contributed by atoms with E-state index in [4.69, 9.17) is 4.85 Å². The molecule has 0 amide bonds. The van der Waals surface area contributed by atoms with Crippen LogP contribution in [0.3, 0.4) is 0 Å². The van der Waals surface area contributed by atoms with Gasteiger partial charge in [-0.05, 0) is 42.5 Å². The normalized spacial score (nSPS) is 12.3. The predicted octanol–water partition coefficient (Wildman–Crippen LogP) is 22.5. The van der Waals surface area contributed by atoms with Crippen LogP contribution in [0.25, 0.3) is 179 Å². The average Bonchev–Trinajstić information content (AvgIpc) is 3.22. The number of rotatable bonds is 4. The van der Waals surface area contributed by atoms with Gasteiger partial charge < -0.3 is 13.7 Å². The molecule has 7 aromatic heterocycles. The summed E-state index contributed by atoms with van der Waals surface area (Å²) in [6, 6.07) is 84.4. The fourth-order valence-electron chi connectivity index (χ4n) is 14.2. The highest BCUT2D eigenvalue weighted by atomic mass is 32.1.